The molecule has 0 unspecified atom stereocenters. The van der Waals surface area contributed by atoms with Crippen LogP contribution in [-0.4, -0.2) is 6.36 Å². The molecule has 1 aromatic carbocycles. The van der Waals surface area contributed by atoms with Gasteiger partial charge in [-0.25, -0.2) is 8.78 Å². The molecular weight excluding hydrogens is 315 g/mol. The Balaban J connectivity index is 2.09. The van der Waals surface area contributed by atoms with Gasteiger partial charge in [0.2, 0.25) is 5.75 Å². The van der Waals surface area contributed by atoms with Crippen LogP contribution in [0.4, 0.5) is 22.0 Å². The van der Waals surface area contributed by atoms with E-state index >= 15 is 0 Å². The smallest absolute Gasteiger partial charge is 0.399 e. The molecule has 1 aromatic rings. The van der Waals surface area contributed by atoms with E-state index < -0.39 is 23.7 Å². The van der Waals surface area contributed by atoms with Gasteiger partial charge in [0, 0.05) is 0 Å². The molecule has 0 bridgehead atoms. The van der Waals surface area contributed by atoms with Gasteiger partial charge in [0.05, 0.1) is 0 Å². The molecule has 0 saturated heterocycles. The van der Waals surface area contributed by atoms with E-state index in [0.717, 1.165) is 44.2 Å². The summed E-state index contributed by atoms with van der Waals surface area (Å²) in [6.45, 7) is 2.05. The quantitative estimate of drug-likeness (QED) is 0.477. The predicted octanol–water partition coefficient (Wildman–Crippen LogP) is 6.10. The number of rotatable bonds is 4. The van der Waals surface area contributed by atoms with Gasteiger partial charge in [-0.15, -0.1) is 13.2 Å². The van der Waals surface area contributed by atoms with Crippen molar-refractivity contribution in [3.63, 3.8) is 0 Å². The first-order valence-electron chi connectivity index (χ1n) is 7.71. The summed E-state index contributed by atoms with van der Waals surface area (Å²) < 4.78 is 67.4. The van der Waals surface area contributed by atoms with Crippen LogP contribution in [0.3, 0.4) is 0 Å². The summed E-state index contributed by atoms with van der Waals surface area (Å²) in [6.07, 6.45) is 3.46. The number of ether oxygens (including phenoxy) is 1. The highest BCUT2D eigenvalue weighted by Crippen LogP contribution is 2.39. The highest BCUT2D eigenvalue weighted by Gasteiger charge is 2.34. The minimum Gasteiger partial charge on any atom is -0.399 e. The lowest BCUT2D eigenvalue weighted by atomic mass is 9.78. The molecular formula is C17H19F5O. The number of hydrogen-bond donors (Lipinski definition) is 0. The molecule has 1 fully saturated rings. The van der Waals surface area contributed by atoms with Crippen molar-refractivity contribution in [2.24, 2.45) is 5.92 Å². The maximum absolute atomic E-state index is 13.8. The fourth-order valence-electron chi connectivity index (χ4n) is 3.00. The summed E-state index contributed by atoms with van der Waals surface area (Å²) in [6, 6.07) is 1.91. The third-order valence-electron chi connectivity index (χ3n) is 4.13. The zero-order valence-corrected chi connectivity index (χ0v) is 12.8. The fraction of sp³-hybridized carbons (Fsp3) is 0.529. The molecule has 0 radical (unpaired) electrons. The van der Waals surface area contributed by atoms with Crippen molar-refractivity contribution < 1.29 is 26.7 Å². The van der Waals surface area contributed by atoms with Gasteiger partial charge in [0.15, 0.2) is 11.6 Å². The van der Waals surface area contributed by atoms with E-state index in [2.05, 4.69) is 23.8 Å². The van der Waals surface area contributed by atoms with Crippen LogP contribution in [-0.2, 0) is 0 Å². The van der Waals surface area contributed by atoms with E-state index in [1.807, 2.05) is 0 Å². The topological polar surface area (TPSA) is 9.23 Å². The van der Waals surface area contributed by atoms with Gasteiger partial charge in [-0.3, -0.25) is 0 Å². The molecule has 0 N–H and O–H groups in total. The first-order chi connectivity index (χ1) is 10.8. The SMILES string of the molecule is CCC=CC1CCC(c2cc(F)c(OC(F)(F)F)c(F)c2)CC1. The van der Waals surface area contributed by atoms with Gasteiger partial charge < -0.3 is 4.74 Å². The lowest BCUT2D eigenvalue weighted by molar-refractivity contribution is -0.276. The summed E-state index contributed by atoms with van der Waals surface area (Å²) in [5.41, 5.74) is 0.396. The van der Waals surface area contributed by atoms with Crippen molar-refractivity contribution in [1.82, 2.24) is 0 Å². The molecule has 0 atom stereocenters. The molecule has 0 spiro atoms. The van der Waals surface area contributed by atoms with Gasteiger partial charge in [0.1, 0.15) is 0 Å². The largest absolute Gasteiger partial charge is 0.573 e. The highest BCUT2D eigenvalue weighted by atomic mass is 19.4. The second-order valence-electron chi connectivity index (χ2n) is 5.81. The maximum Gasteiger partial charge on any atom is 0.573 e. The molecule has 23 heavy (non-hydrogen) atoms. The van der Waals surface area contributed by atoms with E-state index in [1.54, 1.807) is 0 Å². The summed E-state index contributed by atoms with van der Waals surface area (Å²) in [5.74, 6) is -3.59. The summed E-state index contributed by atoms with van der Waals surface area (Å²) in [4.78, 5) is 0. The number of alkyl halides is 3. The normalized spacial score (nSPS) is 22.5. The minimum absolute atomic E-state index is 0.0368. The second kappa shape index (κ2) is 7.32. The Morgan fingerprint density at radius 2 is 1.65 bits per heavy atom. The average molecular weight is 334 g/mol. The van der Waals surface area contributed by atoms with Gasteiger partial charge in [-0.1, -0.05) is 19.1 Å². The van der Waals surface area contributed by atoms with Crippen LogP contribution in [0.5, 0.6) is 5.75 Å². The van der Waals surface area contributed by atoms with Crippen molar-refractivity contribution in [2.75, 3.05) is 0 Å². The molecule has 0 aromatic heterocycles. The molecule has 2 rings (SSSR count). The molecule has 0 heterocycles. The molecule has 1 aliphatic rings. The first kappa shape index (κ1) is 17.8. The Kier molecular flexibility index (Phi) is 5.65. The predicted molar refractivity (Wildman–Crippen MR) is 77.2 cm³/mol. The molecule has 6 heteroatoms. The monoisotopic (exact) mass is 334 g/mol. The summed E-state index contributed by atoms with van der Waals surface area (Å²) >= 11 is 0. The number of hydrogen-bond acceptors (Lipinski definition) is 1. The minimum atomic E-state index is -5.12. The standard InChI is InChI=1S/C17H19F5O/c1-2-3-4-11-5-7-12(8-6-11)13-9-14(18)16(15(19)10-13)23-17(20,21)22/h3-4,9-12H,2,5-8H2,1H3. The Hall–Kier alpha value is -1.59. The number of allylic oxidation sites excluding steroid dienone is 2. The Labute approximate surface area is 132 Å². The van der Waals surface area contributed by atoms with Gasteiger partial charge in [-0.2, -0.15) is 0 Å². The van der Waals surface area contributed by atoms with Crippen molar-refractivity contribution >= 4 is 0 Å². The van der Waals surface area contributed by atoms with Crippen LogP contribution in [0, 0.1) is 17.6 Å². The average Bonchev–Trinajstić information content (AvgIpc) is 2.48. The van der Waals surface area contributed by atoms with Crippen molar-refractivity contribution in [2.45, 2.75) is 51.3 Å². The maximum atomic E-state index is 13.8. The Morgan fingerprint density at radius 3 is 2.13 bits per heavy atom. The van der Waals surface area contributed by atoms with Crippen LogP contribution in [0.25, 0.3) is 0 Å². The lowest BCUT2D eigenvalue weighted by Crippen LogP contribution is -2.19. The fourth-order valence-corrected chi connectivity index (χ4v) is 3.00. The zero-order chi connectivity index (χ0) is 17.0. The molecule has 1 saturated carbocycles. The van der Waals surface area contributed by atoms with Gasteiger partial charge in [-0.05, 0) is 61.6 Å². The van der Waals surface area contributed by atoms with Crippen LogP contribution < -0.4 is 4.74 Å². The van der Waals surface area contributed by atoms with E-state index in [-0.39, 0.29) is 5.92 Å². The number of halogens is 5. The highest BCUT2D eigenvalue weighted by molar-refractivity contribution is 5.33. The van der Waals surface area contributed by atoms with Crippen molar-refractivity contribution in [3.05, 3.63) is 41.5 Å². The number of benzene rings is 1. The Morgan fingerprint density at radius 1 is 1.09 bits per heavy atom. The first-order valence-corrected chi connectivity index (χ1v) is 7.71. The molecule has 0 amide bonds. The van der Waals surface area contributed by atoms with E-state index in [9.17, 15) is 22.0 Å². The van der Waals surface area contributed by atoms with Crippen LogP contribution in [0.2, 0.25) is 0 Å². The van der Waals surface area contributed by atoms with Crippen LogP contribution >= 0.6 is 0 Å². The zero-order valence-electron chi connectivity index (χ0n) is 12.8. The van der Waals surface area contributed by atoms with Crippen molar-refractivity contribution in [1.29, 1.82) is 0 Å². The molecule has 0 aliphatic heterocycles. The molecule has 128 valence electrons. The summed E-state index contributed by atoms with van der Waals surface area (Å²) in [5, 5.41) is 0. The van der Waals surface area contributed by atoms with Crippen LogP contribution in [0.1, 0.15) is 50.5 Å². The van der Waals surface area contributed by atoms with Crippen LogP contribution in [0.15, 0.2) is 24.3 Å². The van der Waals surface area contributed by atoms with Crippen molar-refractivity contribution in [3.8, 4) is 5.75 Å². The third-order valence-corrected chi connectivity index (χ3v) is 4.13. The van der Waals surface area contributed by atoms with Gasteiger partial charge >= 0.3 is 6.36 Å². The van der Waals surface area contributed by atoms with E-state index in [0.29, 0.717) is 11.5 Å². The Bertz CT molecular complexity index is 534. The molecule has 1 nitrogen and oxygen atoms in total. The van der Waals surface area contributed by atoms with E-state index in [4.69, 9.17) is 0 Å². The third kappa shape index (κ3) is 4.94. The van der Waals surface area contributed by atoms with E-state index in [1.165, 1.54) is 0 Å². The lowest BCUT2D eigenvalue weighted by Gasteiger charge is -2.27. The second-order valence-corrected chi connectivity index (χ2v) is 5.81. The molecule has 1 aliphatic carbocycles. The van der Waals surface area contributed by atoms with Gasteiger partial charge in [0.25, 0.3) is 0 Å². The summed E-state index contributed by atoms with van der Waals surface area (Å²) in [7, 11) is 0.